The Hall–Kier alpha value is -3.17. The Balaban J connectivity index is 0.000000821. The van der Waals surface area contributed by atoms with E-state index in [1.807, 2.05) is 29.5 Å². The molecule has 2 N–H and O–H groups in total. The number of piperidine rings is 1. The van der Waals surface area contributed by atoms with Crippen molar-refractivity contribution in [3.63, 3.8) is 0 Å². The van der Waals surface area contributed by atoms with Crippen LogP contribution in [0.15, 0.2) is 43.0 Å². The number of hydrogen-bond donors (Lipinski definition) is 2. The Morgan fingerprint density at radius 3 is 2.85 bits per heavy atom. The largest absolute Gasteiger partial charge is 0.489 e. The average Bonchev–Trinajstić information content (AvgIpc) is 3.52. The average molecular weight is 454 g/mol. The topological polar surface area (TPSA) is 106 Å². The number of aromatic amines is 1. The molecule has 2 aromatic heterocycles. The SMILES string of the molecule is CCn1cc(COc2ccc3c(c2)CCOC32CCN(Cc3ncc[nH]3)CC2)cn1.O=CO. The highest BCUT2D eigenvalue weighted by molar-refractivity contribution is 5.41. The number of aryl methyl sites for hydroxylation is 1. The van der Waals surface area contributed by atoms with Gasteiger partial charge in [-0.3, -0.25) is 14.4 Å². The molecule has 33 heavy (non-hydrogen) atoms. The molecule has 176 valence electrons. The number of ether oxygens (including phenoxy) is 2. The van der Waals surface area contributed by atoms with Crippen LogP contribution in [0, 0.1) is 0 Å². The molecule has 0 bridgehead atoms. The fourth-order valence-corrected chi connectivity index (χ4v) is 4.65. The third kappa shape index (κ3) is 5.43. The highest BCUT2D eigenvalue weighted by Crippen LogP contribution is 2.42. The molecular formula is C24H31N5O4. The summed E-state index contributed by atoms with van der Waals surface area (Å²) < 4.78 is 14.4. The molecule has 0 atom stereocenters. The number of nitrogens with zero attached hydrogens (tertiary/aromatic N) is 4. The van der Waals surface area contributed by atoms with Crippen LogP contribution in [0.4, 0.5) is 0 Å². The summed E-state index contributed by atoms with van der Waals surface area (Å²) in [6.45, 7) is 6.93. The van der Waals surface area contributed by atoms with Crippen molar-refractivity contribution >= 4 is 6.47 Å². The summed E-state index contributed by atoms with van der Waals surface area (Å²) in [6.07, 6.45) is 10.6. The maximum Gasteiger partial charge on any atom is 0.290 e. The monoisotopic (exact) mass is 453 g/mol. The van der Waals surface area contributed by atoms with Gasteiger partial charge in [-0.15, -0.1) is 0 Å². The molecule has 0 unspecified atom stereocenters. The van der Waals surface area contributed by atoms with Crippen molar-refractivity contribution in [2.45, 2.75) is 51.5 Å². The van der Waals surface area contributed by atoms with Gasteiger partial charge >= 0.3 is 0 Å². The Morgan fingerprint density at radius 2 is 2.15 bits per heavy atom. The van der Waals surface area contributed by atoms with Gasteiger partial charge in [0.15, 0.2) is 0 Å². The lowest BCUT2D eigenvalue weighted by atomic mass is 9.79. The molecule has 2 aliphatic heterocycles. The smallest absolute Gasteiger partial charge is 0.290 e. The van der Waals surface area contributed by atoms with E-state index in [2.05, 4.69) is 45.1 Å². The molecule has 9 heteroatoms. The number of hydrogen-bond acceptors (Lipinski definition) is 6. The van der Waals surface area contributed by atoms with Gasteiger partial charge in [-0.05, 0) is 49.4 Å². The number of imidazole rings is 1. The number of aromatic nitrogens is 4. The minimum absolute atomic E-state index is 0.159. The number of benzene rings is 1. The van der Waals surface area contributed by atoms with Crippen LogP contribution < -0.4 is 4.74 Å². The molecule has 0 aliphatic carbocycles. The van der Waals surface area contributed by atoms with E-state index < -0.39 is 0 Å². The summed E-state index contributed by atoms with van der Waals surface area (Å²) in [5.74, 6) is 1.95. The van der Waals surface area contributed by atoms with Gasteiger partial charge in [-0.2, -0.15) is 5.10 Å². The zero-order valence-corrected chi connectivity index (χ0v) is 18.9. The lowest BCUT2D eigenvalue weighted by molar-refractivity contribution is -0.122. The van der Waals surface area contributed by atoms with Crippen molar-refractivity contribution < 1.29 is 19.4 Å². The molecule has 0 radical (unpaired) electrons. The van der Waals surface area contributed by atoms with E-state index in [0.29, 0.717) is 6.61 Å². The van der Waals surface area contributed by atoms with E-state index >= 15 is 0 Å². The molecular weight excluding hydrogens is 422 g/mol. The number of nitrogens with one attached hydrogen (secondary N) is 1. The van der Waals surface area contributed by atoms with Crippen LogP contribution in [0.3, 0.4) is 0 Å². The predicted molar refractivity (Wildman–Crippen MR) is 122 cm³/mol. The minimum Gasteiger partial charge on any atom is -0.489 e. The second kappa shape index (κ2) is 10.6. The zero-order chi connectivity index (χ0) is 23.1. The molecule has 1 fully saturated rings. The third-order valence-electron chi connectivity index (χ3n) is 6.33. The summed E-state index contributed by atoms with van der Waals surface area (Å²) >= 11 is 0. The number of fused-ring (bicyclic) bond motifs is 2. The third-order valence-corrected chi connectivity index (χ3v) is 6.33. The van der Waals surface area contributed by atoms with E-state index in [-0.39, 0.29) is 12.1 Å². The molecule has 3 aromatic rings. The van der Waals surface area contributed by atoms with Crippen LogP contribution in [0.5, 0.6) is 5.75 Å². The summed E-state index contributed by atoms with van der Waals surface area (Å²) in [7, 11) is 0. The normalized spacial score (nSPS) is 17.1. The maximum atomic E-state index is 8.36. The molecule has 1 saturated heterocycles. The van der Waals surface area contributed by atoms with Crippen LogP contribution in [0.2, 0.25) is 0 Å². The number of carboxylic acid groups (broad SMARTS) is 1. The first-order valence-corrected chi connectivity index (χ1v) is 11.4. The Bertz CT molecular complexity index is 1030. The van der Waals surface area contributed by atoms with E-state index in [4.69, 9.17) is 19.4 Å². The quantitative estimate of drug-likeness (QED) is 0.553. The van der Waals surface area contributed by atoms with Crippen molar-refractivity contribution in [1.29, 1.82) is 0 Å². The van der Waals surface area contributed by atoms with Gasteiger partial charge in [0.25, 0.3) is 6.47 Å². The Labute approximate surface area is 193 Å². The Kier molecular flexibility index (Phi) is 7.41. The van der Waals surface area contributed by atoms with E-state index in [1.54, 1.807) is 0 Å². The highest BCUT2D eigenvalue weighted by atomic mass is 16.5. The summed E-state index contributed by atoms with van der Waals surface area (Å²) in [6, 6.07) is 6.52. The van der Waals surface area contributed by atoms with Crippen molar-refractivity contribution in [3.8, 4) is 5.75 Å². The van der Waals surface area contributed by atoms with E-state index in [1.165, 1.54) is 11.1 Å². The molecule has 2 aliphatic rings. The fraction of sp³-hybridized carbons (Fsp3) is 0.458. The molecule has 1 spiro atoms. The van der Waals surface area contributed by atoms with Gasteiger partial charge in [0, 0.05) is 43.8 Å². The standard InChI is InChI=1S/C23H29N5O2.CH2O2/c1-2-28-15-18(14-26-28)17-29-20-3-4-21-19(13-20)5-12-30-23(21)6-10-27(11-7-23)16-22-24-8-9-25-22;2-1-3/h3-4,8-9,13-15H,2,5-7,10-12,16-17H2,1H3,(H,24,25);1H,(H,2,3). The van der Waals surface area contributed by atoms with Crippen molar-refractivity contribution in [2.24, 2.45) is 0 Å². The molecule has 9 nitrogen and oxygen atoms in total. The molecule has 0 amide bonds. The Morgan fingerprint density at radius 1 is 1.33 bits per heavy atom. The number of carbonyl (C=O) groups is 1. The highest BCUT2D eigenvalue weighted by Gasteiger charge is 2.40. The second-order valence-electron chi connectivity index (χ2n) is 8.32. The lowest BCUT2D eigenvalue weighted by Crippen LogP contribution is -2.46. The van der Waals surface area contributed by atoms with Gasteiger partial charge < -0.3 is 19.6 Å². The molecule has 0 saturated carbocycles. The van der Waals surface area contributed by atoms with Gasteiger partial charge in [0.2, 0.25) is 0 Å². The van der Waals surface area contributed by atoms with Crippen LogP contribution in [-0.2, 0) is 41.2 Å². The van der Waals surface area contributed by atoms with Crippen molar-refractivity contribution in [2.75, 3.05) is 19.7 Å². The summed E-state index contributed by atoms with van der Waals surface area (Å²) in [5.41, 5.74) is 3.65. The van der Waals surface area contributed by atoms with Gasteiger partial charge in [0.1, 0.15) is 18.2 Å². The molecule has 1 aromatic carbocycles. The number of likely N-dealkylation sites (tertiary alicyclic amines) is 1. The summed E-state index contributed by atoms with van der Waals surface area (Å²) in [5, 5.41) is 11.2. The van der Waals surface area contributed by atoms with Crippen molar-refractivity contribution in [3.05, 3.63) is 65.5 Å². The van der Waals surface area contributed by atoms with Gasteiger partial charge in [-0.25, -0.2) is 4.98 Å². The van der Waals surface area contributed by atoms with Crippen LogP contribution in [0.25, 0.3) is 0 Å². The predicted octanol–water partition coefficient (Wildman–Crippen LogP) is 2.97. The van der Waals surface area contributed by atoms with Crippen molar-refractivity contribution in [1.82, 2.24) is 24.6 Å². The first-order chi connectivity index (χ1) is 16.2. The molecule has 4 heterocycles. The van der Waals surface area contributed by atoms with Gasteiger partial charge in [0.05, 0.1) is 24.9 Å². The lowest BCUT2D eigenvalue weighted by Gasteiger charge is -2.45. The van der Waals surface area contributed by atoms with Gasteiger partial charge in [-0.1, -0.05) is 6.07 Å². The fourth-order valence-electron chi connectivity index (χ4n) is 4.65. The number of H-pyrrole nitrogens is 1. The van der Waals surface area contributed by atoms with E-state index in [9.17, 15) is 0 Å². The van der Waals surface area contributed by atoms with E-state index in [0.717, 1.165) is 69.2 Å². The van der Waals surface area contributed by atoms with Crippen LogP contribution >= 0.6 is 0 Å². The second-order valence-corrected chi connectivity index (χ2v) is 8.32. The zero-order valence-electron chi connectivity index (χ0n) is 18.9. The number of rotatable bonds is 6. The first kappa shape index (κ1) is 23.0. The summed E-state index contributed by atoms with van der Waals surface area (Å²) in [4.78, 5) is 18.4. The van der Waals surface area contributed by atoms with Crippen LogP contribution in [-0.4, -0.2) is 55.9 Å². The minimum atomic E-state index is -0.250. The maximum absolute atomic E-state index is 8.36. The van der Waals surface area contributed by atoms with Crippen LogP contribution in [0.1, 0.15) is 42.3 Å². The molecule has 5 rings (SSSR count). The first-order valence-electron chi connectivity index (χ1n) is 11.4.